The zero-order valence-corrected chi connectivity index (χ0v) is 25.1. The van der Waals surface area contributed by atoms with Crippen LogP contribution in [0.4, 0.5) is 4.79 Å². The van der Waals surface area contributed by atoms with Gasteiger partial charge in [-0.05, 0) is 27.4 Å². The fraction of sp³-hybridized carbons (Fsp3) is 0.394. The lowest BCUT2D eigenvalue weighted by atomic mass is 9.92. The minimum atomic E-state index is -2.79. The topological polar surface area (TPSA) is 76.1 Å². The lowest BCUT2D eigenvalue weighted by molar-refractivity contribution is -0.137. The number of carbonyl (C=O) groups is 2. The molecule has 0 aromatic heterocycles. The highest BCUT2D eigenvalue weighted by molar-refractivity contribution is 6.99. The lowest BCUT2D eigenvalue weighted by Crippen LogP contribution is -2.67. The third kappa shape index (κ3) is 6.07. The van der Waals surface area contributed by atoms with Crippen LogP contribution in [0, 0.1) is 11.8 Å². The van der Waals surface area contributed by atoms with Gasteiger partial charge in [0, 0.05) is 12.5 Å². The summed E-state index contributed by atoms with van der Waals surface area (Å²) in [5.41, 5.74) is 1.02. The standard InChI is InChI=1S/C33H41NO5Si/c1-24(22-39-40(33(3,4)5,28-17-11-7-12-18-28)29-19-13-8-14-20-29)30(35)25(2)31(36)34-27(23-38-32(34)37)21-26-15-9-6-10-16-26/h6-20,24-25,27,30,35H,21-23H2,1-5H3/t24-,25+,27+,30-/m0/s1. The van der Waals surface area contributed by atoms with Crippen molar-refractivity contribution in [1.29, 1.82) is 0 Å². The molecule has 4 rings (SSSR count). The van der Waals surface area contributed by atoms with E-state index in [0.717, 1.165) is 15.9 Å². The molecule has 0 bridgehead atoms. The van der Waals surface area contributed by atoms with Crippen molar-refractivity contribution in [3.8, 4) is 0 Å². The normalized spacial score (nSPS) is 18.2. The lowest BCUT2D eigenvalue weighted by Gasteiger charge is -2.44. The van der Waals surface area contributed by atoms with E-state index in [-0.39, 0.29) is 24.2 Å². The number of hydrogen-bond donors (Lipinski definition) is 1. The maximum Gasteiger partial charge on any atom is 0.416 e. The number of aliphatic hydroxyl groups is 1. The van der Waals surface area contributed by atoms with Crippen LogP contribution in [0.25, 0.3) is 0 Å². The Labute approximate surface area is 239 Å². The van der Waals surface area contributed by atoms with Gasteiger partial charge in [0.05, 0.1) is 18.1 Å². The monoisotopic (exact) mass is 559 g/mol. The second-order valence-electron chi connectivity index (χ2n) is 11.9. The third-order valence-electron chi connectivity index (χ3n) is 7.98. The van der Waals surface area contributed by atoms with Crippen molar-refractivity contribution in [2.45, 2.75) is 58.2 Å². The molecule has 1 saturated heterocycles. The maximum atomic E-state index is 13.5. The van der Waals surface area contributed by atoms with Crippen molar-refractivity contribution in [3.63, 3.8) is 0 Å². The predicted octanol–water partition coefficient (Wildman–Crippen LogP) is 4.79. The number of aliphatic hydroxyl groups excluding tert-OH is 1. The summed E-state index contributed by atoms with van der Waals surface area (Å²) in [5, 5.41) is 13.5. The van der Waals surface area contributed by atoms with Gasteiger partial charge in [0.1, 0.15) is 6.61 Å². The molecular weight excluding hydrogens is 518 g/mol. The summed E-state index contributed by atoms with van der Waals surface area (Å²) in [6.45, 7) is 10.6. The number of amides is 2. The van der Waals surface area contributed by atoms with Gasteiger partial charge >= 0.3 is 6.09 Å². The molecule has 3 aromatic rings. The first-order valence-electron chi connectivity index (χ1n) is 14.0. The molecule has 0 radical (unpaired) electrons. The first-order chi connectivity index (χ1) is 19.1. The van der Waals surface area contributed by atoms with Crippen molar-refractivity contribution in [3.05, 3.63) is 96.6 Å². The highest BCUT2D eigenvalue weighted by Crippen LogP contribution is 2.37. The van der Waals surface area contributed by atoms with Crippen LogP contribution in [-0.4, -0.2) is 55.7 Å². The molecule has 1 heterocycles. The van der Waals surface area contributed by atoms with Gasteiger partial charge in [-0.15, -0.1) is 0 Å². The van der Waals surface area contributed by atoms with Gasteiger partial charge in [0.25, 0.3) is 8.32 Å². The van der Waals surface area contributed by atoms with Crippen LogP contribution in [-0.2, 0) is 20.4 Å². The molecule has 0 saturated carbocycles. The average Bonchev–Trinajstić information content (AvgIpc) is 3.32. The molecule has 1 N–H and O–H groups in total. The van der Waals surface area contributed by atoms with Crippen molar-refractivity contribution in [1.82, 2.24) is 4.90 Å². The Balaban J connectivity index is 1.53. The van der Waals surface area contributed by atoms with Crippen LogP contribution in [0.5, 0.6) is 0 Å². The Bertz CT molecular complexity index is 1220. The van der Waals surface area contributed by atoms with Gasteiger partial charge in [0.2, 0.25) is 5.91 Å². The van der Waals surface area contributed by atoms with E-state index in [1.165, 1.54) is 4.90 Å². The third-order valence-corrected chi connectivity index (χ3v) is 13.0. The molecule has 7 heteroatoms. The van der Waals surface area contributed by atoms with Crippen molar-refractivity contribution >= 4 is 30.7 Å². The van der Waals surface area contributed by atoms with Crippen molar-refractivity contribution < 1.29 is 23.9 Å². The molecule has 6 nitrogen and oxygen atoms in total. The molecule has 4 atom stereocenters. The summed E-state index contributed by atoms with van der Waals surface area (Å²) in [4.78, 5) is 27.3. The number of rotatable bonds is 10. The second kappa shape index (κ2) is 12.5. The Morgan fingerprint density at radius 2 is 1.45 bits per heavy atom. The Hall–Kier alpha value is -3.26. The molecule has 1 aliphatic heterocycles. The Morgan fingerprint density at radius 3 is 1.95 bits per heavy atom. The summed E-state index contributed by atoms with van der Waals surface area (Å²) < 4.78 is 12.2. The van der Waals surface area contributed by atoms with E-state index < -0.39 is 38.4 Å². The molecule has 0 aliphatic carbocycles. The molecule has 1 aliphatic rings. The van der Waals surface area contributed by atoms with E-state index in [0.29, 0.717) is 6.42 Å². The zero-order valence-electron chi connectivity index (χ0n) is 24.1. The first-order valence-corrected chi connectivity index (χ1v) is 15.9. The van der Waals surface area contributed by atoms with Gasteiger partial charge in [0.15, 0.2) is 0 Å². The van der Waals surface area contributed by atoms with Gasteiger partial charge in [-0.25, -0.2) is 9.69 Å². The minimum Gasteiger partial charge on any atom is -0.447 e. The highest BCUT2D eigenvalue weighted by atomic mass is 28.4. The van der Waals surface area contributed by atoms with E-state index in [2.05, 4.69) is 45.0 Å². The largest absolute Gasteiger partial charge is 0.447 e. The van der Waals surface area contributed by atoms with Crippen LogP contribution < -0.4 is 10.4 Å². The summed E-state index contributed by atoms with van der Waals surface area (Å²) in [6, 6.07) is 30.0. The highest BCUT2D eigenvalue weighted by Gasteiger charge is 2.50. The molecule has 3 aromatic carbocycles. The van der Waals surface area contributed by atoms with Crippen molar-refractivity contribution in [2.24, 2.45) is 11.8 Å². The first kappa shape index (κ1) is 29.7. The van der Waals surface area contributed by atoms with Gasteiger partial charge in [-0.3, -0.25) is 4.79 Å². The number of cyclic esters (lactones) is 1. The molecule has 40 heavy (non-hydrogen) atoms. The second-order valence-corrected chi connectivity index (χ2v) is 16.2. The van der Waals surface area contributed by atoms with Crippen LogP contribution in [0.2, 0.25) is 5.04 Å². The summed E-state index contributed by atoms with van der Waals surface area (Å²) >= 11 is 0. The smallest absolute Gasteiger partial charge is 0.416 e. The van der Waals surface area contributed by atoms with E-state index in [4.69, 9.17) is 9.16 Å². The van der Waals surface area contributed by atoms with Gasteiger partial charge in [-0.1, -0.05) is 126 Å². The number of nitrogens with zero attached hydrogens (tertiary/aromatic N) is 1. The molecule has 2 amide bonds. The Kier molecular flexibility index (Phi) is 9.28. The Morgan fingerprint density at radius 1 is 0.950 bits per heavy atom. The fourth-order valence-electron chi connectivity index (χ4n) is 5.74. The molecule has 1 fully saturated rings. The molecule has 212 valence electrons. The molecule has 0 spiro atoms. The molecule has 0 unspecified atom stereocenters. The number of benzene rings is 3. The maximum absolute atomic E-state index is 13.5. The van der Waals surface area contributed by atoms with Gasteiger partial charge in [-0.2, -0.15) is 0 Å². The summed E-state index contributed by atoms with van der Waals surface area (Å²) in [5.74, 6) is -1.58. The average molecular weight is 560 g/mol. The van der Waals surface area contributed by atoms with E-state index in [1.54, 1.807) is 6.92 Å². The number of imide groups is 1. The summed E-state index contributed by atoms with van der Waals surface area (Å²) in [6.07, 6.45) is -1.15. The van der Waals surface area contributed by atoms with E-state index >= 15 is 0 Å². The SMILES string of the molecule is C[C@@H](CO[Si](c1ccccc1)(c1ccccc1)C(C)(C)C)[C@H](O)[C@@H](C)C(=O)N1C(=O)OC[C@H]1Cc1ccccc1. The number of carbonyl (C=O) groups excluding carboxylic acids is 2. The van der Waals surface area contributed by atoms with Crippen LogP contribution in [0.15, 0.2) is 91.0 Å². The number of hydrogen-bond acceptors (Lipinski definition) is 5. The number of ether oxygens (including phenoxy) is 1. The van der Waals surface area contributed by atoms with Crippen LogP contribution in [0.3, 0.4) is 0 Å². The van der Waals surface area contributed by atoms with Gasteiger partial charge < -0.3 is 14.3 Å². The van der Waals surface area contributed by atoms with E-state index in [9.17, 15) is 14.7 Å². The van der Waals surface area contributed by atoms with Crippen molar-refractivity contribution in [2.75, 3.05) is 13.2 Å². The molecular formula is C33H41NO5Si. The zero-order chi connectivity index (χ0) is 28.9. The summed E-state index contributed by atoms with van der Waals surface area (Å²) in [7, 11) is -2.79. The fourth-order valence-corrected chi connectivity index (χ4v) is 10.4. The van der Waals surface area contributed by atoms with Crippen LogP contribution >= 0.6 is 0 Å². The van der Waals surface area contributed by atoms with E-state index in [1.807, 2.05) is 73.7 Å². The quantitative estimate of drug-likeness (QED) is 0.362. The predicted molar refractivity (Wildman–Crippen MR) is 160 cm³/mol. The van der Waals surface area contributed by atoms with Crippen LogP contribution in [0.1, 0.15) is 40.2 Å². The minimum absolute atomic E-state index is 0.148.